The van der Waals surface area contributed by atoms with Gasteiger partial charge in [0.15, 0.2) is 5.01 Å². The minimum absolute atomic E-state index is 0.135. The van der Waals surface area contributed by atoms with E-state index in [4.69, 9.17) is 11.6 Å². The standard InChI is InChI=1S/C22H21ClN6O3S2/c23-14-5-6-18-19(9-14)29(13-27-18)20-12-26-22(33-20)21(30)25-11-16-10-15(7-8-24-16)28-34(31,32)17-3-1-2-4-17/h5-10,12-13,17H,1-4,11H2,(H,24,28)(H,25,30). The number of thiazole rings is 1. The van der Waals surface area contributed by atoms with E-state index in [1.54, 1.807) is 30.7 Å². The lowest BCUT2D eigenvalue weighted by Crippen LogP contribution is -2.26. The zero-order chi connectivity index (χ0) is 23.7. The molecule has 34 heavy (non-hydrogen) atoms. The van der Waals surface area contributed by atoms with Crippen molar-refractivity contribution in [2.45, 2.75) is 37.5 Å². The zero-order valence-electron chi connectivity index (χ0n) is 17.9. The van der Waals surface area contributed by atoms with Crippen LogP contribution in [0.4, 0.5) is 5.69 Å². The summed E-state index contributed by atoms with van der Waals surface area (Å²) in [6, 6.07) is 8.64. The van der Waals surface area contributed by atoms with E-state index in [0.717, 1.165) is 28.9 Å². The molecule has 1 aliphatic carbocycles. The number of aromatic nitrogens is 4. The number of anilines is 1. The van der Waals surface area contributed by atoms with Crippen molar-refractivity contribution in [3.8, 4) is 5.00 Å². The Labute approximate surface area is 205 Å². The Balaban J connectivity index is 1.25. The van der Waals surface area contributed by atoms with Gasteiger partial charge in [0.2, 0.25) is 10.0 Å². The SMILES string of the molecule is O=C(NCc1cc(NS(=O)(=O)C2CCCC2)ccn1)c1ncc(-n2cnc3ccc(Cl)cc32)s1. The van der Waals surface area contributed by atoms with E-state index in [1.165, 1.54) is 17.5 Å². The van der Waals surface area contributed by atoms with Gasteiger partial charge in [0, 0.05) is 11.2 Å². The van der Waals surface area contributed by atoms with Gasteiger partial charge in [-0.15, -0.1) is 0 Å². The fourth-order valence-electron chi connectivity index (χ4n) is 3.97. The van der Waals surface area contributed by atoms with E-state index in [9.17, 15) is 13.2 Å². The molecule has 0 aliphatic heterocycles. The predicted octanol–water partition coefficient (Wildman–Crippen LogP) is 4.14. The number of hydrogen-bond acceptors (Lipinski definition) is 7. The molecule has 1 aliphatic rings. The lowest BCUT2D eigenvalue weighted by Gasteiger charge is -2.14. The molecule has 0 bridgehead atoms. The van der Waals surface area contributed by atoms with Crippen molar-refractivity contribution in [3.63, 3.8) is 0 Å². The summed E-state index contributed by atoms with van der Waals surface area (Å²) in [6.07, 6.45) is 8.02. The number of carbonyl (C=O) groups excluding carboxylic acids is 1. The normalized spacial score (nSPS) is 14.5. The second-order valence-corrected chi connectivity index (χ2v) is 11.4. The van der Waals surface area contributed by atoms with E-state index in [0.29, 0.717) is 29.2 Å². The molecule has 0 spiro atoms. The highest BCUT2D eigenvalue weighted by Crippen LogP contribution is 2.27. The summed E-state index contributed by atoms with van der Waals surface area (Å²) in [5.74, 6) is -0.350. The third-order valence-corrected chi connectivity index (χ3v) is 8.78. The number of benzene rings is 1. The van der Waals surface area contributed by atoms with Crippen LogP contribution in [0.2, 0.25) is 5.02 Å². The molecule has 12 heteroatoms. The minimum Gasteiger partial charge on any atom is -0.344 e. The fourth-order valence-corrected chi connectivity index (χ4v) is 6.53. The molecule has 5 rings (SSSR count). The molecule has 176 valence electrons. The smallest absolute Gasteiger partial charge is 0.280 e. The minimum atomic E-state index is -3.43. The number of rotatable bonds is 7. The maximum atomic E-state index is 12.7. The van der Waals surface area contributed by atoms with Crippen LogP contribution < -0.4 is 10.0 Å². The Bertz CT molecular complexity index is 1460. The number of carbonyl (C=O) groups is 1. The molecule has 3 aromatic heterocycles. The van der Waals surface area contributed by atoms with Gasteiger partial charge < -0.3 is 5.32 Å². The van der Waals surface area contributed by atoms with Crippen molar-refractivity contribution in [1.82, 2.24) is 24.8 Å². The maximum absolute atomic E-state index is 12.7. The molecule has 0 unspecified atom stereocenters. The van der Waals surface area contributed by atoms with Crippen LogP contribution in [0.1, 0.15) is 41.2 Å². The Kier molecular flexibility index (Phi) is 6.24. The Morgan fingerprint density at radius 2 is 1.97 bits per heavy atom. The van der Waals surface area contributed by atoms with Crippen LogP contribution in [0.15, 0.2) is 49.1 Å². The number of halogens is 1. The van der Waals surface area contributed by atoms with Crippen molar-refractivity contribution in [3.05, 3.63) is 64.8 Å². The molecule has 2 N–H and O–H groups in total. The number of sulfonamides is 1. The highest BCUT2D eigenvalue weighted by molar-refractivity contribution is 7.93. The zero-order valence-corrected chi connectivity index (χ0v) is 20.3. The number of imidazole rings is 1. The Morgan fingerprint density at radius 3 is 2.79 bits per heavy atom. The summed E-state index contributed by atoms with van der Waals surface area (Å²) in [4.78, 5) is 25.5. The molecule has 4 aromatic rings. The molecule has 0 saturated heterocycles. The molecule has 3 heterocycles. The third-order valence-electron chi connectivity index (χ3n) is 5.68. The first-order valence-corrected chi connectivity index (χ1v) is 13.5. The molecule has 9 nitrogen and oxygen atoms in total. The Hall–Kier alpha value is -3.02. The lowest BCUT2D eigenvalue weighted by atomic mass is 10.3. The second kappa shape index (κ2) is 9.32. The van der Waals surface area contributed by atoms with Crippen molar-refractivity contribution in [2.24, 2.45) is 0 Å². The highest BCUT2D eigenvalue weighted by Gasteiger charge is 2.28. The van der Waals surface area contributed by atoms with Gasteiger partial charge in [0.1, 0.15) is 11.3 Å². The molecular weight excluding hydrogens is 496 g/mol. The van der Waals surface area contributed by atoms with Gasteiger partial charge in [-0.05, 0) is 43.2 Å². The van der Waals surface area contributed by atoms with E-state index >= 15 is 0 Å². The van der Waals surface area contributed by atoms with Crippen LogP contribution >= 0.6 is 22.9 Å². The second-order valence-electron chi connectivity index (χ2n) is 8.02. The first-order chi connectivity index (χ1) is 16.4. The number of nitrogens with zero attached hydrogens (tertiary/aromatic N) is 4. The average Bonchev–Trinajstić information content (AvgIpc) is 3.58. The van der Waals surface area contributed by atoms with Crippen LogP contribution in [-0.4, -0.2) is 39.1 Å². The quantitative estimate of drug-likeness (QED) is 0.381. The summed E-state index contributed by atoms with van der Waals surface area (Å²) in [6.45, 7) is 0.135. The van der Waals surface area contributed by atoms with Gasteiger partial charge in [-0.1, -0.05) is 35.8 Å². The van der Waals surface area contributed by atoms with E-state index in [1.807, 2.05) is 16.7 Å². The molecule has 0 radical (unpaired) electrons. The largest absolute Gasteiger partial charge is 0.344 e. The van der Waals surface area contributed by atoms with Gasteiger partial charge in [-0.2, -0.15) is 0 Å². The molecule has 1 amide bonds. The van der Waals surface area contributed by atoms with Crippen LogP contribution in [-0.2, 0) is 16.6 Å². The van der Waals surface area contributed by atoms with E-state index in [2.05, 4.69) is 25.0 Å². The van der Waals surface area contributed by atoms with Crippen LogP contribution in [0, 0.1) is 0 Å². The van der Waals surface area contributed by atoms with Gasteiger partial charge >= 0.3 is 0 Å². The molecule has 0 atom stereocenters. The molecule has 1 aromatic carbocycles. The van der Waals surface area contributed by atoms with Crippen molar-refractivity contribution < 1.29 is 13.2 Å². The van der Waals surface area contributed by atoms with Crippen LogP contribution in [0.5, 0.6) is 0 Å². The van der Waals surface area contributed by atoms with Crippen molar-refractivity contribution in [1.29, 1.82) is 0 Å². The van der Waals surface area contributed by atoms with Gasteiger partial charge in [0.25, 0.3) is 5.91 Å². The van der Waals surface area contributed by atoms with Crippen LogP contribution in [0.3, 0.4) is 0 Å². The number of nitrogens with one attached hydrogen (secondary N) is 2. The van der Waals surface area contributed by atoms with Gasteiger partial charge in [-0.3, -0.25) is 19.1 Å². The van der Waals surface area contributed by atoms with Crippen molar-refractivity contribution in [2.75, 3.05) is 4.72 Å². The summed E-state index contributed by atoms with van der Waals surface area (Å²) < 4.78 is 29.6. The van der Waals surface area contributed by atoms with Crippen LogP contribution in [0.25, 0.3) is 16.0 Å². The van der Waals surface area contributed by atoms with E-state index in [-0.39, 0.29) is 22.7 Å². The summed E-state index contributed by atoms with van der Waals surface area (Å²) in [7, 11) is -3.43. The number of hydrogen-bond donors (Lipinski definition) is 2. The fraction of sp³-hybridized carbons (Fsp3) is 0.273. The number of fused-ring (bicyclic) bond motifs is 1. The maximum Gasteiger partial charge on any atom is 0.280 e. The topological polar surface area (TPSA) is 119 Å². The lowest BCUT2D eigenvalue weighted by molar-refractivity contribution is 0.0950. The van der Waals surface area contributed by atoms with Gasteiger partial charge in [0.05, 0.1) is 40.4 Å². The highest BCUT2D eigenvalue weighted by atomic mass is 35.5. The predicted molar refractivity (Wildman–Crippen MR) is 132 cm³/mol. The molecule has 1 fully saturated rings. The summed E-state index contributed by atoms with van der Waals surface area (Å²) in [5.41, 5.74) is 2.59. The molecular formula is C22H21ClN6O3S2. The number of amides is 1. The summed E-state index contributed by atoms with van der Waals surface area (Å²) in [5, 5.41) is 4.05. The monoisotopic (exact) mass is 516 g/mol. The van der Waals surface area contributed by atoms with E-state index < -0.39 is 10.0 Å². The third kappa shape index (κ3) is 4.77. The van der Waals surface area contributed by atoms with Crippen molar-refractivity contribution >= 4 is 55.6 Å². The number of pyridine rings is 1. The Morgan fingerprint density at radius 1 is 1.15 bits per heavy atom. The summed E-state index contributed by atoms with van der Waals surface area (Å²) >= 11 is 7.33. The molecule has 1 saturated carbocycles. The van der Waals surface area contributed by atoms with Gasteiger partial charge in [-0.25, -0.2) is 18.4 Å². The first-order valence-electron chi connectivity index (χ1n) is 10.7. The average molecular weight is 517 g/mol. The first kappa shape index (κ1) is 22.8.